The van der Waals surface area contributed by atoms with Gasteiger partial charge in [-0.2, -0.15) is 0 Å². The van der Waals surface area contributed by atoms with Crippen LogP contribution in [-0.2, 0) is 9.47 Å². The number of halogens is 2. The van der Waals surface area contributed by atoms with E-state index in [9.17, 15) is 4.79 Å². The fraction of sp³-hybridized carbons (Fsp3) is 0.364. The number of fused-ring (bicyclic) bond motifs is 1. The number of aliphatic hydroxyl groups is 1. The second-order valence-corrected chi connectivity index (χ2v) is 7.63. The molecular formula is C22H25Cl2N3O6. The fourth-order valence-corrected chi connectivity index (χ4v) is 3.53. The molecule has 11 heteroatoms. The van der Waals surface area contributed by atoms with Crippen LogP contribution >= 0.6 is 23.2 Å². The third-order valence-electron chi connectivity index (χ3n) is 4.56. The number of aromatic amines is 1. The Kier molecular flexibility index (Phi) is 9.59. The topological polar surface area (TPSA) is 115 Å². The average molecular weight is 498 g/mol. The zero-order valence-corrected chi connectivity index (χ0v) is 19.5. The van der Waals surface area contributed by atoms with E-state index in [1.54, 1.807) is 12.1 Å². The van der Waals surface area contributed by atoms with Crippen LogP contribution in [0.25, 0.3) is 10.9 Å². The normalized spacial score (nSPS) is 11.0. The summed E-state index contributed by atoms with van der Waals surface area (Å²) in [7, 11) is 1.53. The van der Waals surface area contributed by atoms with Crippen LogP contribution in [0.15, 0.2) is 35.4 Å². The van der Waals surface area contributed by atoms with Gasteiger partial charge in [0, 0.05) is 36.9 Å². The molecule has 0 amide bonds. The lowest BCUT2D eigenvalue weighted by Crippen LogP contribution is -2.11. The number of nitrogens with one attached hydrogen (secondary N) is 2. The minimum atomic E-state index is -0.337. The highest BCUT2D eigenvalue weighted by molar-refractivity contribution is 6.39. The van der Waals surface area contributed by atoms with Crippen LogP contribution in [0.3, 0.4) is 0 Å². The molecule has 0 saturated heterocycles. The molecule has 0 aliphatic carbocycles. The summed E-state index contributed by atoms with van der Waals surface area (Å²) in [5.41, 5.74) is 1.08. The number of aliphatic hydroxyl groups excluding tert-OH is 1. The molecule has 0 unspecified atom stereocenters. The van der Waals surface area contributed by atoms with Gasteiger partial charge in [-0.05, 0) is 12.1 Å². The summed E-state index contributed by atoms with van der Waals surface area (Å²) in [6, 6.07) is 4.97. The monoisotopic (exact) mass is 497 g/mol. The van der Waals surface area contributed by atoms with E-state index in [0.29, 0.717) is 83.3 Å². The average Bonchev–Trinajstić information content (AvgIpc) is 2.80. The molecule has 3 aromatic rings. The van der Waals surface area contributed by atoms with E-state index in [2.05, 4.69) is 15.3 Å². The fourth-order valence-electron chi connectivity index (χ4n) is 3.07. The van der Waals surface area contributed by atoms with Crippen molar-refractivity contribution in [3.8, 4) is 11.5 Å². The molecule has 0 bridgehead atoms. The molecule has 2 heterocycles. The number of anilines is 2. The largest absolute Gasteiger partial charge is 0.493 e. The Labute approximate surface area is 200 Å². The van der Waals surface area contributed by atoms with Crippen molar-refractivity contribution in [1.29, 1.82) is 0 Å². The van der Waals surface area contributed by atoms with E-state index < -0.39 is 0 Å². The Morgan fingerprint density at radius 1 is 1.06 bits per heavy atom. The van der Waals surface area contributed by atoms with Crippen molar-refractivity contribution < 1.29 is 24.1 Å². The number of aromatic nitrogens is 2. The molecule has 1 aromatic carbocycles. The van der Waals surface area contributed by atoms with Crippen molar-refractivity contribution in [2.75, 3.05) is 52.1 Å². The molecule has 2 aromatic heterocycles. The predicted molar refractivity (Wildman–Crippen MR) is 127 cm³/mol. The first kappa shape index (κ1) is 25.1. The first-order chi connectivity index (χ1) is 16.0. The molecule has 3 N–H and O–H groups in total. The van der Waals surface area contributed by atoms with Gasteiger partial charge in [-0.15, -0.1) is 0 Å². The number of nitrogens with zero attached hydrogens (tertiary/aromatic N) is 1. The van der Waals surface area contributed by atoms with Crippen LogP contribution in [0.1, 0.15) is 6.42 Å². The molecule has 9 nitrogen and oxygen atoms in total. The number of ether oxygens (including phenoxy) is 4. The van der Waals surface area contributed by atoms with Gasteiger partial charge < -0.3 is 34.4 Å². The minimum Gasteiger partial charge on any atom is -0.493 e. The maximum Gasteiger partial charge on any atom is 0.250 e. The Morgan fingerprint density at radius 3 is 2.48 bits per heavy atom. The van der Waals surface area contributed by atoms with Crippen LogP contribution in [-0.4, -0.2) is 61.8 Å². The minimum absolute atomic E-state index is 0.0112. The number of benzene rings is 1. The molecule has 0 radical (unpaired) electrons. The lowest BCUT2D eigenvalue weighted by molar-refractivity contribution is 0.0301. The third kappa shape index (κ3) is 6.72. The van der Waals surface area contributed by atoms with Crippen LogP contribution in [0.4, 0.5) is 11.4 Å². The maximum atomic E-state index is 12.4. The van der Waals surface area contributed by atoms with Gasteiger partial charge in [0.15, 0.2) is 11.5 Å². The van der Waals surface area contributed by atoms with Crippen LogP contribution in [0, 0.1) is 0 Å². The first-order valence-corrected chi connectivity index (χ1v) is 11.0. The van der Waals surface area contributed by atoms with Gasteiger partial charge in [-0.1, -0.05) is 23.2 Å². The summed E-state index contributed by atoms with van der Waals surface area (Å²) in [4.78, 5) is 19.2. The number of hydrogen-bond acceptors (Lipinski definition) is 8. The summed E-state index contributed by atoms with van der Waals surface area (Å²) in [5.74, 6) is 0.891. The predicted octanol–water partition coefficient (Wildman–Crippen LogP) is 3.78. The van der Waals surface area contributed by atoms with Crippen molar-refractivity contribution in [1.82, 2.24) is 9.97 Å². The molecule has 0 atom stereocenters. The molecule has 0 saturated carbocycles. The molecule has 0 spiro atoms. The van der Waals surface area contributed by atoms with E-state index >= 15 is 0 Å². The van der Waals surface area contributed by atoms with Crippen LogP contribution in [0.2, 0.25) is 10.0 Å². The smallest absolute Gasteiger partial charge is 0.250 e. The number of pyridine rings is 2. The van der Waals surface area contributed by atoms with E-state index in [1.165, 1.54) is 25.6 Å². The summed E-state index contributed by atoms with van der Waals surface area (Å²) >= 11 is 12.4. The van der Waals surface area contributed by atoms with Crippen molar-refractivity contribution in [3.05, 3.63) is 51.0 Å². The molecule has 0 fully saturated rings. The van der Waals surface area contributed by atoms with Gasteiger partial charge in [0.1, 0.15) is 0 Å². The SMILES string of the molecule is COc1ccc2c(Nc3c(Cl)cncc3Cl)cc(=O)[nH]c2c1OCCCOCCOCCO. The van der Waals surface area contributed by atoms with Gasteiger partial charge in [0.05, 0.1) is 67.1 Å². The summed E-state index contributed by atoms with van der Waals surface area (Å²) in [6.07, 6.45) is 3.54. The molecule has 0 aliphatic rings. The van der Waals surface area contributed by atoms with E-state index in [1.807, 2.05) is 0 Å². The number of methoxy groups -OCH3 is 1. The molecular weight excluding hydrogens is 473 g/mol. The second kappa shape index (κ2) is 12.6. The molecule has 0 aliphatic heterocycles. The molecule has 33 heavy (non-hydrogen) atoms. The van der Waals surface area contributed by atoms with Crippen molar-refractivity contribution in [2.45, 2.75) is 6.42 Å². The highest BCUT2D eigenvalue weighted by Gasteiger charge is 2.16. The quantitative estimate of drug-likeness (QED) is 0.305. The maximum absolute atomic E-state index is 12.4. The van der Waals surface area contributed by atoms with E-state index in [-0.39, 0.29) is 12.2 Å². The van der Waals surface area contributed by atoms with Gasteiger partial charge in [-0.25, -0.2) is 0 Å². The third-order valence-corrected chi connectivity index (χ3v) is 5.13. The highest BCUT2D eigenvalue weighted by Crippen LogP contribution is 2.39. The number of rotatable bonds is 13. The number of hydrogen-bond donors (Lipinski definition) is 3. The van der Waals surface area contributed by atoms with Crippen LogP contribution < -0.4 is 20.3 Å². The summed E-state index contributed by atoms with van der Waals surface area (Å²) in [5, 5.41) is 13.1. The van der Waals surface area contributed by atoms with E-state index in [0.717, 1.165) is 0 Å². The van der Waals surface area contributed by atoms with Crippen molar-refractivity contribution >= 4 is 45.5 Å². The van der Waals surface area contributed by atoms with Gasteiger partial charge in [0.2, 0.25) is 0 Å². The zero-order valence-electron chi connectivity index (χ0n) is 18.0. The standard InChI is InChI=1S/C22H25Cl2N3O6/c1-30-18-4-3-14-17(26-21-15(23)12-25-13-16(21)24)11-19(29)27-20(14)22(18)33-7-2-6-31-9-10-32-8-5-28/h3-4,11-13,28H,2,5-10H2,1H3,(H2,25,26,27,29). The summed E-state index contributed by atoms with van der Waals surface area (Å²) in [6.45, 7) is 1.94. The Hall–Kier alpha value is -2.56. The van der Waals surface area contributed by atoms with Crippen molar-refractivity contribution in [2.24, 2.45) is 0 Å². The number of H-pyrrole nitrogens is 1. The van der Waals surface area contributed by atoms with Gasteiger partial charge in [-0.3, -0.25) is 9.78 Å². The summed E-state index contributed by atoms with van der Waals surface area (Å²) < 4.78 is 22.0. The lowest BCUT2D eigenvalue weighted by atomic mass is 10.1. The van der Waals surface area contributed by atoms with Gasteiger partial charge in [0.25, 0.3) is 5.56 Å². The Balaban J connectivity index is 1.77. The highest BCUT2D eigenvalue weighted by atomic mass is 35.5. The molecule has 3 rings (SSSR count). The lowest BCUT2D eigenvalue weighted by Gasteiger charge is -2.16. The van der Waals surface area contributed by atoms with Crippen molar-refractivity contribution in [3.63, 3.8) is 0 Å². The zero-order chi connectivity index (χ0) is 23.6. The Bertz CT molecular complexity index is 1100. The van der Waals surface area contributed by atoms with E-state index in [4.69, 9.17) is 47.3 Å². The second-order valence-electron chi connectivity index (χ2n) is 6.82. The Morgan fingerprint density at radius 2 is 1.79 bits per heavy atom. The van der Waals surface area contributed by atoms with Gasteiger partial charge >= 0.3 is 0 Å². The molecule has 178 valence electrons. The first-order valence-electron chi connectivity index (χ1n) is 10.2. The van der Waals surface area contributed by atoms with Crippen LogP contribution in [0.5, 0.6) is 11.5 Å².